The number of halogens is 2. The fraction of sp³-hybridized carbons (Fsp3) is 0.100. The van der Waals surface area contributed by atoms with E-state index in [1.165, 1.54) is 19.2 Å². The van der Waals surface area contributed by atoms with Gasteiger partial charge in [-0.25, -0.2) is 4.39 Å². The van der Waals surface area contributed by atoms with E-state index in [0.29, 0.717) is 0 Å². The van der Waals surface area contributed by atoms with Crippen molar-refractivity contribution in [3.63, 3.8) is 0 Å². The molecule has 0 atom stereocenters. The molecule has 0 bridgehead atoms. The second-order valence-electron chi connectivity index (χ2n) is 3.21. The molecule has 17 heavy (non-hydrogen) atoms. The molecule has 0 saturated heterocycles. The minimum absolute atomic E-state index is 0.0257. The summed E-state index contributed by atoms with van der Waals surface area (Å²) in [6.07, 6.45) is 0. The lowest BCUT2D eigenvalue weighted by Crippen LogP contribution is -1.92. The van der Waals surface area contributed by atoms with Crippen molar-refractivity contribution in [1.82, 2.24) is 5.16 Å². The largest absolute Gasteiger partial charge is 0.504 e. The average Bonchev–Trinajstić information content (AvgIpc) is 2.70. The van der Waals surface area contributed by atoms with Crippen LogP contribution in [0.1, 0.15) is 0 Å². The highest BCUT2D eigenvalue weighted by Gasteiger charge is 2.21. The lowest BCUT2D eigenvalue weighted by Gasteiger charge is -2.09. The zero-order valence-corrected chi connectivity index (χ0v) is 10.3. The summed E-state index contributed by atoms with van der Waals surface area (Å²) < 4.78 is 23.6. The number of hydrogen-bond donors (Lipinski definition) is 2. The van der Waals surface area contributed by atoms with Crippen molar-refractivity contribution in [1.29, 1.82) is 0 Å². The van der Waals surface area contributed by atoms with Gasteiger partial charge in [0.2, 0.25) is 5.88 Å². The van der Waals surface area contributed by atoms with Crippen LogP contribution in [0.15, 0.2) is 21.1 Å². The van der Waals surface area contributed by atoms with Crippen LogP contribution >= 0.6 is 15.9 Å². The van der Waals surface area contributed by atoms with Crippen molar-refractivity contribution in [2.24, 2.45) is 0 Å². The van der Waals surface area contributed by atoms with Crippen LogP contribution in [0.25, 0.3) is 11.3 Å². The Hall–Kier alpha value is -1.76. The molecule has 0 unspecified atom stereocenters. The maximum atomic E-state index is 13.9. The molecule has 0 saturated carbocycles. The van der Waals surface area contributed by atoms with Gasteiger partial charge in [0.15, 0.2) is 17.3 Å². The first-order chi connectivity index (χ1) is 8.04. The van der Waals surface area contributed by atoms with E-state index < -0.39 is 5.82 Å². The summed E-state index contributed by atoms with van der Waals surface area (Å²) in [5.41, 5.74) is 5.31. The van der Waals surface area contributed by atoms with Crippen molar-refractivity contribution < 1.29 is 18.8 Å². The number of nitrogens with two attached hydrogens (primary N) is 1. The number of rotatable bonds is 2. The van der Waals surface area contributed by atoms with Crippen LogP contribution in [0.5, 0.6) is 11.5 Å². The first-order valence-electron chi connectivity index (χ1n) is 4.52. The van der Waals surface area contributed by atoms with Crippen LogP contribution in [0.2, 0.25) is 0 Å². The molecule has 5 nitrogen and oxygen atoms in total. The molecule has 1 aromatic heterocycles. The molecule has 2 aromatic rings. The lowest BCUT2D eigenvalue weighted by atomic mass is 10.1. The van der Waals surface area contributed by atoms with Gasteiger partial charge >= 0.3 is 0 Å². The number of nitrogen functional groups attached to an aromatic ring is 1. The molecule has 0 amide bonds. The molecule has 3 N–H and O–H groups in total. The average molecular weight is 303 g/mol. The number of aromatic nitrogens is 1. The van der Waals surface area contributed by atoms with Gasteiger partial charge in [0.25, 0.3) is 0 Å². The molecule has 0 radical (unpaired) electrons. The topological polar surface area (TPSA) is 81.5 Å². The molecular weight excluding hydrogens is 295 g/mol. The molecule has 2 rings (SSSR count). The van der Waals surface area contributed by atoms with Gasteiger partial charge in [0.1, 0.15) is 5.69 Å². The van der Waals surface area contributed by atoms with Crippen molar-refractivity contribution in [3.05, 3.63) is 22.4 Å². The van der Waals surface area contributed by atoms with Gasteiger partial charge < -0.3 is 20.1 Å². The molecule has 0 aliphatic heterocycles. The van der Waals surface area contributed by atoms with E-state index in [1.807, 2.05) is 0 Å². The number of phenolic OH excluding ortho intramolecular Hbond substituents is 1. The Morgan fingerprint density at radius 1 is 1.53 bits per heavy atom. The summed E-state index contributed by atoms with van der Waals surface area (Å²) in [4.78, 5) is 0. The Morgan fingerprint density at radius 2 is 2.24 bits per heavy atom. The van der Waals surface area contributed by atoms with Crippen molar-refractivity contribution >= 4 is 21.8 Å². The predicted molar refractivity (Wildman–Crippen MR) is 62.2 cm³/mol. The Bertz CT molecular complexity index is 571. The normalized spacial score (nSPS) is 10.5. The molecule has 0 spiro atoms. The predicted octanol–water partition coefficient (Wildman–Crippen LogP) is 2.54. The zero-order valence-electron chi connectivity index (χ0n) is 8.70. The Morgan fingerprint density at radius 3 is 2.76 bits per heavy atom. The number of phenols is 1. The molecular formula is C10H8BrFN2O3. The van der Waals surface area contributed by atoms with Crippen LogP contribution in [-0.2, 0) is 0 Å². The van der Waals surface area contributed by atoms with Crippen LogP contribution in [-0.4, -0.2) is 17.4 Å². The number of benzene rings is 1. The minimum Gasteiger partial charge on any atom is -0.504 e. The quantitative estimate of drug-likeness (QED) is 0.891. The molecule has 1 aromatic carbocycles. The first-order valence-corrected chi connectivity index (χ1v) is 5.31. The van der Waals surface area contributed by atoms with Crippen LogP contribution in [0, 0.1) is 5.82 Å². The smallest absolute Gasteiger partial charge is 0.222 e. The molecule has 7 heteroatoms. The Labute approximate surface area is 104 Å². The van der Waals surface area contributed by atoms with E-state index in [1.54, 1.807) is 0 Å². The standard InChI is InChI=1S/C10H8BrFN2O3/c1-16-6-2-4(11)9(12)8(10(6)15)5-3-7(13)17-14-5/h2-3,15H,13H2,1H3. The summed E-state index contributed by atoms with van der Waals surface area (Å²) >= 11 is 3.02. The lowest BCUT2D eigenvalue weighted by molar-refractivity contribution is 0.371. The van der Waals surface area contributed by atoms with E-state index in [-0.39, 0.29) is 33.1 Å². The molecule has 0 aliphatic carbocycles. The van der Waals surface area contributed by atoms with E-state index in [0.717, 1.165) is 0 Å². The molecule has 0 aliphatic rings. The number of methoxy groups -OCH3 is 1. The maximum absolute atomic E-state index is 13.9. The van der Waals surface area contributed by atoms with Gasteiger partial charge in [-0.05, 0) is 15.9 Å². The third kappa shape index (κ3) is 1.93. The Balaban J connectivity index is 2.71. The summed E-state index contributed by atoms with van der Waals surface area (Å²) in [6, 6.07) is 2.63. The first kappa shape index (κ1) is 11.7. The van der Waals surface area contributed by atoms with Crippen molar-refractivity contribution in [2.75, 3.05) is 12.8 Å². The van der Waals surface area contributed by atoms with Crippen LogP contribution in [0.4, 0.5) is 10.3 Å². The second-order valence-corrected chi connectivity index (χ2v) is 4.07. The minimum atomic E-state index is -0.670. The highest BCUT2D eigenvalue weighted by molar-refractivity contribution is 9.10. The van der Waals surface area contributed by atoms with Gasteiger partial charge in [-0.1, -0.05) is 5.16 Å². The number of anilines is 1. The van der Waals surface area contributed by atoms with Gasteiger partial charge in [-0.3, -0.25) is 0 Å². The molecule has 0 fully saturated rings. The van der Waals surface area contributed by atoms with Gasteiger partial charge in [-0.15, -0.1) is 0 Å². The zero-order chi connectivity index (χ0) is 12.6. The number of nitrogens with zero attached hydrogens (tertiary/aromatic N) is 1. The second kappa shape index (κ2) is 4.25. The Kier molecular flexibility index (Phi) is 2.93. The summed E-state index contributed by atoms with van der Waals surface area (Å²) in [5, 5.41) is 13.4. The van der Waals surface area contributed by atoms with E-state index in [4.69, 9.17) is 10.5 Å². The summed E-state index contributed by atoms with van der Waals surface area (Å²) in [5.74, 6) is -0.884. The van der Waals surface area contributed by atoms with Crippen molar-refractivity contribution in [2.45, 2.75) is 0 Å². The van der Waals surface area contributed by atoms with E-state index >= 15 is 0 Å². The fourth-order valence-corrected chi connectivity index (χ4v) is 1.80. The number of aromatic hydroxyl groups is 1. The SMILES string of the molecule is COc1cc(Br)c(F)c(-c2cc(N)on2)c1O. The number of ether oxygens (including phenoxy) is 1. The molecule has 90 valence electrons. The third-order valence-electron chi connectivity index (χ3n) is 2.16. The monoisotopic (exact) mass is 302 g/mol. The van der Waals surface area contributed by atoms with Crippen molar-refractivity contribution in [3.8, 4) is 22.8 Å². The van der Waals surface area contributed by atoms with Gasteiger partial charge in [0, 0.05) is 12.1 Å². The third-order valence-corrected chi connectivity index (χ3v) is 2.74. The van der Waals surface area contributed by atoms with E-state index in [9.17, 15) is 9.50 Å². The van der Waals surface area contributed by atoms with Gasteiger partial charge in [0.05, 0.1) is 17.1 Å². The summed E-state index contributed by atoms with van der Waals surface area (Å²) in [7, 11) is 1.36. The maximum Gasteiger partial charge on any atom is 0.222 e. The van der Waals surface area contributed by atoms with E-state index in [2.05, 4.69) is 25.6 Å². The molecule has 1 heterocycles. The fourth-order valence-electron chi connectivity index (χ4n) is 1.39. The highest BCUT2D eigenvalue weighted by Crippen LogP contribution is 2.42. The number of hydrogen-bond acceptors (Lipinski definition) is 5. The van der Waals surface area contributed by atoms with Crippen LogP contribution < -0.4 is 10.5 Å². The van der Waals surface area contributed by atoms with Gasteiger partial charge in [-0.2, -0.15) is 0 Å². The van der Waals surface area contributed by atoms with Crippen LogP contribution in [0.3, 0.4) is 0 Å². The highest BCUT2D eigenvalue weighted by atomic mass is 79.9. The summed E-state index contributed by atoms with van der Waals surface area (Å²) in [6.45, 7) is 0.